The number of ether oxygens (including phenoxy) is 1. The molecule has 0 radical (unpaired) electrons. The number of alkyl halides is 7. The summed E-state index contributed by atoms with van der Waals surface area (Å²) in [6.45, 7) is -2.01. The Bertz CT molecular complexity index is 530. The molecule has 0 bridgehead atoms. The van der Waals surface area contributed by atoms with Crippen molar-refractivity contribution in [3.05, 3.63) is 23.4 Å². The van der Waals surface area contributed by atoms with Crippen LogP contribution < -0.4 is 4.74 Å². The molecule has 1 rings (SSSR count). The van der Waals surface area contributed by atoms with E-state index in [-0.39, 0.29) is 0 Å². The first kappa shape index (κ1) is 17.0. The molecule has 0 amide bonds. The minimum Gasteiger partial charge on any atom is -0.477 e. The quantitative estimate of drug-likeness (QED) is 0.847. The SMILES string of the molecule is O=C(O)c1ccc(C(F)(F)F)nc1OCC(F)(F)C(F)F. The van der Waals surface area contributed by atoms with E-state index in [4.69, 9.17) is 5.11 Å². The van der Waals surface area contributed by atoms with E-state index in [2.05, 4.69) is 9.72 Å². The molecule has 0 saturated heterocycles. The van der Waals surface area contributed by atoms with E-state index in [1.54, 1.807) is 0 Å². The van der Waals surface area contributed by atoms with Crippen LogP contribution in [-0.2, 0) is 6.18 Å². The van der Waals surface area contributed by atoms with Crippen molar-refractivity contribution in [1.29, 1.82) is 0 Å². The number of rotatable bonds is 5. The van der Waals surface area contributed by atoms with E-state index >= 15 is 0 Å². The molecule has 0 aliphatic rings. The van der Waals surface area contributed by atoms with Crippen LogP contribution in [0.1, 0.15) is 16.1 Å². The molecule has 1 N–H and O–H groups in total. The van der Waals surface area contributed by atoms with Crippen LogP contribution in [0.3, 0.4) is 0 Å². The molecule has 1 aromatic heterocycles. The Morgan fingerprint density at radius 2 is 1.81 bits per heavy atom. The Kier molecular flexibility index (Phi) is 4.64. The summed E-state index contributed by atoms with van der Waals surface area (Å²) in [5.41, 5.74) is -2.57. The highest BCUT2D eigenvalue weighted by Crippen LogP contribution is 2.31. The second-order valence-electron chi connectivity index (χ2n) is 3.70. The molecule has 1 heterocycles. The summed E-state index contributed by atoms with van der Waals surface area (Å²) in [5, 5.41) is 8.66. The second kappa shape index (κ2) is 5.74. The van der Waals surface area contributed by atoms with Gasteiger partial charge >= 0.3 is 24.5 Å². The predicted octanol–water partition coefficient (Wildman–Crippen LogP) is 3.08. The molecule has 0 aliphatic heterocycles. The first-order valence-corrected chi connectivity index (χ1v) is 5.05. The second-order valence-corrected chi connectivity index (χ2v) is 3.70. The Hall–Kier alpha value is -2.07. The van der Waals surface area contributed by atoms with E-state index in [1.807, 2.05) is 0 Å². The molecule has 0 spiro atoms. The van der Waals surface area contributed by atoms with Crippen LogP contribution in [0.5, 0.6) is 5.88 Å². The van der Waals surface area contributed by atoms with Crippen molar-refractivity contribution < 1.29 is 45.4 Å². The number of carbonyl (C=O) groups is 1. The van der Waals surface area contributed by atoms with Gasteiger partial charge in [-0.15, -0.1) is 0 Å². The van der Waals surface area contributed by atoms with E-state index in [0.717, 1.165) is 0 Å². The molecule has 0 aliphatic carbocycles. The van der Waals surface area contributed by atoms with Gasteiger partial charge in [-0.1, -0.05) is 0 Å². The fourth-order valence-corrected chi connectivity index (χ4v) is 1.10. The number of aromatic carboxylic acids is 1. The number of pyridine rings is 1. The van der Waals surface area contributed by atoms with Crippen molar-refractivity contribution in [2.75, 3.05) is 6.61 Å². The summed E-state index contributed by atoms with van der Waals surface area (Å²) < 4.78 is 90.2. The minimum atomic E-state index is -4.99. The smallest absolute Gasteiger partial charge is 0.433 e. The lowest BCUT2D eigenvalue weighted by Gasteiger charge is -2.17. The van der Waals surface area contributed by atoms with Crippen molar-refractivity contribution in [3.63, 3.8) is 0 Å². The molecule has 11 heteroatoms. The highest BCUT2D eigenvalue weighted by Gasteiger charge is 2.42. The van der Waals surface area contributed by atoms with Gasteiger partial charge in [0.15, 0.2) is 6.61 Å². The summed E-state index contributed by atoms with van der Waals surface area (Å²) in [7, 11) is 0. The summed E-state index contributed by atoms with van der Waals surface area (Å²) >= 11 is 0. The zero-order chi connectivity index (χ0) is 16.4. The van der Waals surface area contributed by atoms with Gasteiger partial charge in [-0.2, -0.15) is 22.0 Å². The predicted molar refractivity (Wildman–Crippen MR) is 52.6 cm³/mol. The minimum absolute atomic E-state index is 0.293. The van der Waals surface area contributed by atoms with Crippen LogP contribution in [0, 0.1) is 0 Å². The van der Waals surface area contributed by atoms with Crippen molar-refractivity contribution in [2.24, 2.45) is 0 Å². The van der Waals surface area contributed by atoms with Crippen molar-refractivity contribution in [2.45, 2.75) is 18.5 Å². The van der Waals surface area contributed by atoms with E-state index < -0.39 is 48.2 Å². The number of carboxylic acids is 1. The molecule has 4 nitrogen and oxygen atoms in total. The zero-order valence-electron chi connectivity index (χ0n) is 9.80. The third kappa shape index (κ3) is 4.20. The summed E-state index contributed by atoms with van der Waals surface area (Å²) in [6.07, 6.45) is -9.11. The molecule has 0 unspecified atom stereocenters. The summed E-state index contributed by atoms with van der Waals surface area (Å²) in [4.78, 5) is 13.4. The average molecular weight is 321 g/mol. The number of nitrogens with zero attached hydrogens (tertiary/aromatic N) is 1. The standard InChI is InChI=1S/C10H6F7NO3/c11-8(12)9(13,14)3-21-6-4(7(19)20)1-2-5(18-6)10(15,16)17/h1-2,8H,3H2,(H,19,20). The Balaban J connectivity index is 3.11. The van der Waals surface area contributed by atoms with Crippen LogP contribution in [0.15, 0.2) is 12.1 Å². The van der Waals surface area contributed by atoms with Crippen LogP contribution in [0.2, 0.25) is 0 Å². The van der Waals surface area contributed by atoms with Gasteiger partial charge in [-0.05, 0) is 12.1 Å². The van der Waals surface area contributed by atoms with Crippen molar-refractivity contribution >= 4 is 5.97 Å². The lowest BCUT2D eigenvalue weighted by molar-refractivity contribution is -0.150. The lowest BCUT2D eigenvalue weighted by atomic mass is 10.2. The molecular formula is C10H6F7NO3. The largest absolute Gasteiger partial charge is 0.477 e. The molecule has 0 fully saturated rings. The molecule has 0 aromatic carbocycles. The zero-order valence-corrected chi connectivity index (χ0v) is 9.80. The third-order valence-corrected chi connectivity index (χ3v) is 2.10. The number of aromatic nitrogens is 1. The monoisotopic (exact) mass is 321 g/mol. The fraction of sp³-hybridized carbons (Fsp3) is 0.400. The number of hydrogen-bond donors (Lipinski definition) is 1. The average Bonchev–Trinajstić information content (AvgIpc) is 2.34. The number of hydrogen-bond acceptors (Lipinski definition) is 3. The normalized spacial score (nSPS) is 12.6. The lowest BCUT2D eigenvalue weighted by Crippen LogP contribution is -2.34. The van der Waals surface area contributed by atoms with Gasteiger partial charge in [0.25, 0.3) is 0 Å². The summed E-state index contributed by atoms with van der Waals surface area (Å²) in [6, 6.07) is 0.718. The number of carboxylic acid groups (broad SMARTS) is 1. The highest BCUT2D eigenvalue weighted by molar-refractivity contribution is 5.90. The van der Waals surface area contributed by atoms with Gasteiger partial charge in [-0.25, -0.2) is 18.6 Å². The Morgan fingerprint density at radius 1 is 1.24 bits per heavy atom. The molecule has 0 saturated carbocycles. The van der Waals surface area contributed by atoms with Crippen LogP contribution in [-0.4, -0.2) is 35.0 Å². The molecule has 21 heavy (non-hydrogen) atoms. The van der Waals surface area contributed by atoms with Crippen molar-refractivity contribution in [1.82, 2.24) is 4.98 Å². The highest BCUT2D eigenvalue weighted by atomic mass is 19.4. The molecule has 0 atom stereocenters. The summed E-state index contributed by atoms with van der Waals surface area (Å²) in [5.74, 6) is -7.80. The maximum absolute atomic E-state index is 12.6. The number of halogens is 7. The Morgan fingerprint density at radius 3 is 2.24 bits per heavy atom. The molecule has 118 valence electrons. The van der Waals surface area contributed by atoms with E-state index in [9.17, 15) is 35.5 Å². The Labute approximate surface area is 112 Å². The van der Waals surface area contributed by atoms with E-state index in [1.165, 1.54) is 0 Å². The van der Waals surface area contributed by atoms with Crippen LogP contribution in [0.4, 0.5) is 30.7 Å². The van der Waals surface area contributed by atoms with Gasteiger partial charge in [0.1, 0.15) is 11.3 Å². The first-order valence-electron chi connectivity index (χ1n) is 5.05. The van der Waals surface area contributed by atoms with Gasteiger partial charge in [-0.3, -0.25) is 0 Å². The molecule has 1 aromatic rings. The first-order chi connectivity index (χ1) is 9.45. The van der Waals surface area contributed by atoms with Crippen molar-refractivity contribution in [3.8, 4) is 5.88 Å². The maximum atomic E-state index is 12.6. The van der Waals surface area contributed by atoms with Gasteiger partial charge in [0.05, 0.1) is 0 Å². The van der Waals surface area contributed by atoms with Crippen LogP contribution in [0.25, 0.3) is 0 Å². The maximum Gasteiger partial charge on any atom is 0.433 e. The van der Waals surface area contributed by atoms with Gasteiger partial charge in [0, 0.05) is 0 Å². The van der Waals surface area contributed by atoms with E-state index in [0.29, 0.717) is 12.1 Å². The fourth-order valence-electron chi connectivity index (χ4n) is 1.10. The van der Waals surface area contributed by atoms with Gasteiger partial charge < -0.3 is 9.84 Å². The van der Waals surface area contributed by atoms with Gasteiger partial charge in [0.2, 0.25) is 5.88 Å². The topological polar surface area (TPSA) is 59.4 Å². The van der Waals surface area contributed by atoms with Crippen LogP contribution >= 0.6 is 0 Å². The third-order valence-electron chi connectivity index (χ3n) is 2.10. The molecular weight excluding hydrogens is 315 g/mol.